The number of nitrogens with one attached hydrogen (secondary N) is 1. The van der Waals surface area contributed by atoms with E-state index < -0.39 is 0 Å². The maximum atomic E-state index is 12.4. The van der Waals surface area contributed by atoms with Gasteiger partial charge >= 0.3 is 0 Å². The van der Waals surface area contributed by atoms with E-state index >= 15 is 0 Å². The second-order valence-electron chi connectivity index (χ2n) is 7.65. The van der Waals surface area contributed by atoms with Gasteiger partial charge in [0.05, 0.1) is 11.7 Å². The molecule has 1 fully saturated rings. The van der Waals surface area contributed by atoms with Crippen molar-refractivity contribution in [3.8, 4) is 0 Å². The third kappa shape index (κ3) is 3.46. The Labute approximate surface area is 132 Å². The second kappa shape index (κ2) is 5.95. The first-order valence-electron chi connectivity index (χ1n) is 8.28. The molecule has 0 spiro atoms. The SMILES string of the molecule is CC(C)(C)CC(=O)N1CCc2nc([C@H]3CCCN3)ncc2C1. The fourth-order valence-corrected chi connectivity index (χ4v) is 3.18. The van der Waals surface area contributed by atoms with Gasteiger partial charge in [-0.1, -0.05) is 20.8 Å². The van der Waals surface area contributed by atoms with E-state index in [0.29, 0.717) is 19.0 Å². The zero-order chi connectivity index (χ0) is 15.7. The fraction of sp³-hybridized carbons (Fsp3) is 0.706. The molecule has 0 aromatic carbocycles. The van der Waals surface area contributed by atoms with Crippen molar-refractivity contribution in [3.63, 3.8) is 0 Å². The van der Waals surface area contributed by atoms with Gasteiger partial charge in [-0.3, -0.25) is 4.79 Å². The van der Waals surface area contributed by atoms with Gasteiger partial charge in [0, 0.05) is 37.7 Å². The zero-order valence-electron chi connectivity index (χ0n) is 13.9. The van der Waals surface area contributed by atoms with Crippen LogP contribution >= 0.6 is 0 Å². The number of carbonyl (C=O) groups excluding carboxylic acids is 1. The molecule has 0 saturated carbocycles. The van der Waals surface area contributed by atoms with Crippen LogP contribution in [0.3, 0.4) is 0 Å². The Bertz CT molecular complexity index is 558. The monoisotopic (exact) mass is 302 g/mol. The van der Waals surface area contributed by atoms with Gasteiger partial charge in [-0.25, -0.2) is 9.97 Å². The highest BCUT2D eigenvalue weighted by molar-refractivity contribution is 5.77. The molecule has 0 bridgehead atoms. The number of amides is 1. The van der Waals surface area contributed by atoms with Crippen molar-refractivity contribution in [2.45, 2.75) is 59.0 Å². The van der Waals surface area contributed by atoms with Crippen molar-refractivity contribution < 1.29 is 4.79 Å². The van der Waals surface area contributed by atoms with Crippen molar-refractivity contribution in [3.05, 3.63) is 23.3 Å². The van der Waals surface area contributed by atoms with Crippen LogP contribution in [0.5, 0.6) is 0 Å². The minimum Gasteiger partial charge on any atom is -0.338 e. The summed E-state index contributed by atoms with van der Waals surface area (Å²) in [4.78, 5) is 23.6. The molecule has 0 radical (unpaired) electrons. The molecule has 22 heavy (non-hydrogen) atoms. The van der Waals surface area contributed by atoms with Crippen LogP contribution in [0, 0.1) is 5.41 Å². The minimum absolute atomic E-state index is 0.0336. The molecule has 5 heteroatoms. The molecule has 1 amide bonds. The smallest absolute Gasteiger partial charge is 0.223 e. The first-order valence-corrected chi connectivity index (χ1v) is 8.28. The molecular weight excluding hydrogens is 276 g/mol. The summed E-state index contributed by atoms with van der Waals surface area (Å²) in [6, 6.07) is 0.311. The number of aromatic nitrogens is 2. The maximum Gasteiger partial charge on any atom is 0.223 e. The number of hydrogen-bond donors (Lipinski definition) is 1. The summed E-state index contributed by atoms with van der Waals surface area (Å²) in [6.07, 6.45) is 5.67. The summed E-state index contributed by atoms with van der Waals surface area (Å²) in [7, 11) is 0. The molecule has 1 saturated heterocycles. The first kappa shape index (κ1) is 15.4. The van der Waals surface area contributed by atoms with Crippen LogP contribution in [-0.2, 0) is 17.8 Å². The lowest BCUT2D eigenvalue weighted by atomic mass is 9.91. The largest absolute Gasteiger partial charge is 0.338 e. The van der Waals surface area contributed by atoms with E-state index in [4.69, 9.17) is 4.98 Å². The van der Waals surface area contributed by atoms with E-state index in [9.17, 15) is 4.79 Å². The second-order valence-corrected chi connectivity index (χ2v) is 7.65. The van der Waals surface area contributed by atoms with Gasteiger partial charge in [-0.2, -0.15) is 0 Å². The fourth-order valence-electron chi connectivity index (χ4n) is 3.18. The molecule has 2 aliphatic rings. The number of fused-ring (bicyclic) bond motifs is 1. The van der Waals surface area contributed by atoms with Crippen LogP contribution in [0.1, 0.15) is 63.2 Å². The number of carbonyl (C=O) groups is 1. The molecule has 5 nitrogen and oxygen atoms in total. The van der Waals surface area contributed by atoms with Crippen LogP contribution in [-0.4, -0.2) is 33.9 Å². The van der Waals surface area contributed by atoms with Crippen LogP contribution in [0.4, 0.5) is 0 Å². The van der Waals surface area contributed by atoms with Crippen LogP contribution in [0.2, 0.25) is 0 Å². The standard InChI is InChI=1S/C17H26N4O/c1-17(2,3)9-15(22)21-8-6-13-12(11-21)10-19-16(20-13)14-5-4-7-18-14/h10,14,18H,4-9,11H2,1-3H3/t14-/m1/s1. The maximum absolute atomic E-state index is 12.4. The summed E-state index contributed by atoms with van der Waals surface area (Å²) < 4.78 is 0. The predicted octanol–water partition coefficient (Wildman–Crippen LogP) is 2.22. The van der Waals surface area contributed by atoms with Gasteiger partial charge in [-0.15, -0.1) is 0 Å². The quantitative estimate of drug-likeness (QED) is 0.910. The van der Waals surface area contributed by atoms with Crippen molar-refractivity contribution in [2.24, 2.45) is 5.41 Å². The molecule has 1 atom stereocenters. The van der Waals surface area contributed by atoms with Gasteiger partial charge in [0.25, 0.3) is 0 Å². The molecular formula is C17H26N4O. The lowest BCUT2D eigenvalue weighted by molar-refractivity contribution is -0.134. The lowest BCUT2D eigenvalue weighted by Crippen LogP contribution is -2.38. The van der Waals surface area contributed by atoms with Crippen molar-refractivity contribution in [2.75, 3.05) is 13.1 Å². The van der Waals surface area contributed by atoms with E-state index in [2.05, 4.69) is 31.1 Å². The van der Waals surface area contributed by atoms with Gasteiger partial charge in [0.2, 0.25) is 5.91 Å². The average molecular weight is 302 g/mol. The van der Waals surface area contributed by atoms with Crippen molar-refractivity contribution >= 4 is 5.91 Å². The van der Waals surface area contributed by atoms with Gasteiger partial charge in [-0.05, 0) is 24.8 Å². The Morgan fingerprint density at radius 3 is 2.95 bits per heavy atom. The van der Waals surface area contributed by atoms with Crippen LogP contribution < -0.4 is 5.32 Å². The molecule has 2 aliphatic heterocycles. The number of nitrogens with zero attached hydrogens (tertiary/aromatic N) is 3. The summed E-state index contributed by atoms with van der Waals surface area (Å²) in [5, 5.41) is 3.44. The van der Waals surface area contributed by atoms with Gasteiger partial charge < -0.3 is 10.2 Å². The molecule has 1 aromatic rings. The Kier molecular flexibility index (Phi) is 4.17. The van der Waals surface area contributed by atoms with E-state index in [1.54, 1.807) is 0 Å². The molecule has 3 rings (SSSR count). The highest BCUT2D eigenvalue weighted by Crippen LogP contribution is 2.25. The Balaban J connectivity index is 1.70. The van der Waals surface area contributed by atoms with E-state index in [1.807, 2.05) is 11.1 Å². The number of rotatable bonds is 2. The predicted molar refractivity (Wildman–Crippen MR) is 85.2 cm³/mol. The molecule has 0 aliphatic carbocycles. The minimum atomic E-state index is 0.0336. The van der Waals surface area contributed by atoms with Gasteiger partial charge in [0.15, 0.2) is 0 Å². The Morgan fingerprint density at radius 1 is 1.45 bits per heavy atom. The van der Waals surface area contributed by atoms with E-state index in [1.165, 1.54) is 6.42 Å². The summed E-state index contributed by atoms with van der Waals surface area (Å²) in [5.41, 5.74) is 2.26. The highest BCUT2D eigenvalue weighted by Gasteiger charge is 2.27. The molecule has 0 unspecified atom stereocenters. The highest BCUT2D eigenvalue weighted by atomic mass is 16.2. The zero-order valence-corrected chi connectivity index (χ0v) is 13.9. The molecule has 1 N–H and O–H groups in total. The normalized spacial score (nSPS) is 21.8. The van der Waals surface area contributed by atoms with Crippen LogP contribution in [0.15, 0.2) is 6.20 Å². The third-order valence-electron chi connectivity index (χ3n) is 4.36. The summed E-state index contributed by atoms with van der Waals surface area (Å²) in [5.74, 6) is 1.16. The Hall–Kier alpha value is -1.49. The van der Waals surface area contributed by atoms with Crippen molar-refractivity contribution in [1.29, 1.82) is 0 Å². The van der Waals surface area contributed by atoms with Crippen LogP contribution in [0.25, 0.3) is 0 Å². The third-order valence-corrected chi connectivity index (χ3v) is 4.36. The Morgan fingerprint density at radius 2 is 2.27 bits per heavy atom. The topological polar surface area (TPSA) is 58.1 Å². The molecule has 3 heterocycles. The average Bonchev–Trinajstić information content (AvgIpc) is 2.98. The summed E-state index contributed by atoms with van der Waals surface area (Å²) >= 11 is 0. The molecule has 1 aromatic heterocycles. The van der Waals surface area contributed by atoms with Gasteiger partial charge in [0.1, 0.15) is 5.82 Å². The lowest BCUT2D eigenvalue weighted by Gasteiger charge is -2.30. The van der Waals surface area contributed by atoms with Crippen molar-refractivity contribution in [1.82, 2.24) is 20.2 Å². The number of hydrogen-bond acceptors (Lipinski definition) is 4. The summed E-state index contributed by atoms with van der Waals surface area (Å²) in [6.45, 7) is 8.80. The molecule has 120 valence electrons. The van der Waals surface area contributed by atoms with E-state index in [0.717, 1.165) is 43.0 Å². The van der Waals surface area contributed by atoms with E-state index in [-0.39, 0.29) is 11.3 Å². The first-order chi connectivity index (χ1) is 10.4.